The molecule has 1 saturated heterocycles. The summed E-state index contributed by atoms with van der Waals surface area (Å²) in [6, 6.07) is 7.41. The fourth-order valence-electron chi connectivity index (χ4n) is 4.30. The fourth-order valence-corrected chi connectivity index (χ4v) is 4.30. The molecule has 3 heterocycles. The number of alkyl halides is 3. The molecule has 0 bridgehead atoms. The summed E-state index contributed by atoms with van der Waals surface area (Å²) in [6.07, 6.45) is 1.01. The molecule has 0 radical (unpaired) electrons. The average molecular weight is 461 g/mol. The first kappa shape index (κ1) is 22.0. The van der Waals surface area contributed by atoms with Crippen molar-refractivity contribution in [3.63, 3.8) is 0 Å². The molecule has 2 aromatic heterocycles. The summed E-state index contributed by atoms with van der Waals surface area (Å²) in [5.41, 5.74) is 0.949. The third-order valence-corrected chi connectivity index (χ3v) is 6.10. The summed E-state index contributed by atoms with van der Waals surface area (Å²) >= 11 is 0. The monoisotopic (exact) mass is 461 g/mol. The van der Waals surface area contributed by atoms with Crippen molar-refractivity contribution in [1.29, 1.82) is 0 Å². The van der Waals surface area contributed by atoms with Crippen LogP contribution in [0.2, 0.25) is 0 Å². The Balaban J connectivity index is 1.47. The Kier molecular flexibility index (Phi) is 5.88. The second kappa shape index (κ2) is 8.83. The van der Waals surface area contributed by atoms with Crippen LogP contribution in [0.1, 0.15) is 31.2 Å². The van der Waals surface area contributed by atoms with E-state index in [9.17, 15) is 18.3 Å². The number of likely N-dealkylation sites (tertiary alicyclic amines) is 1. The molecular weight excluding hydrogens is 435 g/mol. The highest BCUT2D eigenvalue weighted by Gasteiger charge is 2.33. The van der Waals surface area contributed by atoms with E-state index >= 15 is 0 Å². The first-order valence-corrected chi connectivity index (χ1v) is 11.2. The van der Waals surface area contributed by atoms with Crippen LogP contribution < -0.4 is 10.1 Å². The number of aromatic nitrogens is 3. The van der Waals surface area contributed by atoms with Crippen molar-refractivity contribution < 1.29 is 23.0 Å². The van der Waals surface area contributed by atoms with Crippen molar-refractivity contribution in [3.05, 3.63) is 42.1 Å². The van der Waals surface area contributed by atoms with E-state index in [4.69, 9.17) is 4.74 Å². The maximum atomic E-state index is 13.3. The molecule has 33 heavy (non-hydrogen) atoms. The molecule has 1 unspecified atom stereocenters. The maximum Gasteiger partial charge on any atom is 0.416 e. The van der Waals surface area contributed by atoms with Gasteiger partial charge in [-0.25, -0.2) is 0 Å². The summed E-state index contributed by atoms with van der Waals surface area (Å²) in [4.78, 5) is 2.21. The van der Waals surface area contributed by atoms with Gasteiger partial charge in [0.1, 0.15) is 11.4 Å². The van der Waals surface area contributed by atoms with E-state index in [2.05, 4.69) is 20.4 Å². The van der Waals surface area contributed by atoms with Gasteiger partial charge in [-0.1, -0.05) is 0 Å². The second-order valence-electron chi connectivity index (χ2n) is 8.67. The Morgan fingerprint density at radius 3 is 2.76 bits per heavy atom. The molecular formula is C23H26F3N5O2. The second-order valence-corrected chi connectivity index (χ2v) is 8.67. The molecule has 0 amide bonds. The smallest absolute Gasteiger partial charge is 0.416 e. The molecule has 1 saturated carbocycles. The average Bonchev–Trinajstić information content (AvgIpc) is 3.45. The number of piperidine rings is 1. The maximum absolute atomic E-state index is 13.3. The SMILES string of the molecule is OCCN1CCCC(Nc2nnc(-c3ccc(C(F)(F)F)cc3OC3CC3)c3cccn23)C1. The number of ether oxygens (including phenoxy) is 1. The molecule has 3 aromatic rings. The molecule has 5 rings (SSSR count). The zero-order chi connectivity index (χ0) is 23.0. The van der Waals surface area contributed by atoms with Crippen LogP contribution in [-0.2, 0) is 6.18 Å². The van der Waals surface area contributed by atoms with Crippen molar-refractivity contribution in [3.8, 4) is 17.0 Å². The number of aliphatic hydroxyl groups excluding tert-OH is 1. The van der Waals surface area contributed by atoms with Gasteiger partial charge in [0, 0.05) is 30.9 Å². The number of hydrogen-bond donors (Lipinski definition) is 2. The highest BCUT2D eigenvalue weighted by molar-refractivity contribution is 5.81. The molecule has 1 aliphatic heterocycles. The molecule has 1 atom stereocenters. The van der Waals surface area contributed by atoms with Gasteiger partial charge in [-0.15, -0.1) is 10.2 Å². The number of β-amino-alcohol motifs (C(OH)–C–C–N with tert-alkyl or cyclic N) is 1. The van der Waals surface area contributed by atoms with Gasteiger partial charge in [0.2, 0.25) is 5.95 Å². The summed E-state index contributed by atoms with van der Waals surface area (Å²) in [6.45, 7) is 2.52. The molecule has 2 fully saturated rings. The minimum absolute atomic E-state index is 0.0582. The van der Waals surface area contributed by atoms with Gasteiger partial charge >= 0.3 is 6.18 Å². The van der Waals surface area contributed by atoms with Crippen molar-refractivity contribution >= 4 is 11.5 Å². The number of nitrogens with zero attached hydrogens (tertiary/aromatic N) is 4. The first-order chi connectivity index (χ1) is 15.9. The molecule has 2 aliphatic rings. The van der Waals surface area contributed by atoms with E-state index in [0.29, 0.717) is 23.8 Å². The van der Waals surface area contributed by atoms with Crippen LogP contribution in [0.3, 0.4) is 0 Å². The van der Waals surface area contributed by atoms with Crippen molar-refractivity contribution in [2.75, 3.05) is 31.6 Å². The van der Waals surface area contributed by atoms with Crippen molar-refractivity contribution in [1.82, 2.24) is 19.5 Å². The van der Waals surface area contributed by atoms with E-state index in [1.165, 1.54) is 6.07 Å². The van der Waals surface area contributed by atoms with Crippen LogP contribution in [0.4, 0.5) is 19.1 Å². The number of anilines is 1. The lowest BCUT2D eigenvalue weighted by molar-refractivity contribution is -0.137. The van der Waals surface area contributed by atoms with Crippen LogP contribution in [0.15, 0.2) is 36.5 Å². The van der Waals surface area contributed by atoms with Crippen LogP contribution >= 0.6 is 0 Å². The lowest BCUT2D eigenvalue weighted by Gasteiger charge is -2.32. The lowest BCUT2D eigenvalue weighted by atomic mass is 10.1. The minimum atomic E-state index is -4.45. The van der Waals surface area contributed by atoms with Crippen molar-refractivity contribution in [2.24, 2.45) is 0 Å². The van der Waals surface area contributed by atoms with Gasteiger partial charge in [0.25, 0.3) is 0 Å². The standard InChI is InChI=1S/C23H26F3N5O2/c24-23(25,26)15-5-8-18(20(13-15)33-17-6-7-17)21-19-4-2-10-31(19)22(29-28-21)27-16-3-1-9-30(14-16)11-12-32/h2,4-5,8,10,13,16-17,32H,1,3,6-7,9,11-12,14H2,(H,27,29). The molecule has 0 spiro atoms. The predicted molar refractivity (Wildman–Crippen MR) is 117 cm³/mol. The molecule has 10 heteroatoms. The first-order valence-electron chi connectivity index (χ1n) is 11.2. The summed E-state index contributed by atoms with van der Waals surface area (Å²) in [7, 11) is 0. The molecule has 2 N–H and O–H groups in total. The highest BCUT2D eigenvalue weighted by Crippen LogP contribution is 2.40. The van der Waals surface area contributed by atoms with E-state index < -0.39 is 11.7 Å². The van der Waals surface area contributed by atoms with E-state index in [1.54, 1.807) is 0 Å². The van der Waals surface area contributed by atoms with Gasteiger partial charge in [-0.2, -0.15) is 13.2 Å². The van der Waals surface area contributed by atoms with E-state index in [0.717, 1.165) is 56.4 Å². The summed E-state index contributed by atoms with van der Waals surface area (Å²) in [5.74, 6) is 0.753. The lowest BCUT2D eigenvalue weighted by Crippen LogP contribution is -2.43. The summed E-state index contributed by atoms with van der Waals surface area (Å²) < 4.78 is 47.6. The number of rotatable bonds is 7. The number of fused-ring (bicyclic) bond motifs is 1. The largest absolute Gasteiger partial charge is 0.490 e. The number of hydrogen-bond acceptors (Lipinski definition) is 6. The van der Waals surface area contributed by atoms with Gasteiger partial charge < -0.3 is 15.2 Å². The van der Waals surface area contributed by atoms with Gasteiger partial charge in [0.05, 0.1) is 23.8 Å². The Labute approximate surface area is 189 Å². The Bertz CT molecular complexity index is 1130. The third kappa shape index (κ3) is 4.77. The third-order valence-electron chi connectivity index (χ3n) is 6.10. The Morgan fingerprint density at radius 2 is 2.00 bits per heavy atom. The number of nitrogens with one attached hydrogen (secondary N) is 1. The van der Waals surface area contributed by atoms with Crippen LogP contribution in [0.5, 0.6) is 5.75 Å². The molecule has 1 aliphatic carbocycles. The fraction of sp³-hybridized carbons (Fsp3) is 0.478. The Morgan fingerprint density at radius 1 is 1.15 bits per heavy atom. The molecule has 7 nitrogen and oxygen atoms in total. The highest BCUT2D eigenvalue weighted by atomic mass is 19.4. The van der Waals surface area contributed by atoms with Gasteiger partial charge in [-0.05, 0) is 62.6 Å². The van der Waals surface area contributed by atoms with Crippen LogP contribution in [0.25, 0.3) is 16.8 Å². The zero-order valence-corrected chi connectivity index (χ0v) is 18.1. The van der Waals surface area contributed by atoms with Crippen LogP contribution in [-0.4, -0.2) is 63.0 Å². The predicted octanol–water partition coefficient (Wildman–Crippen LogP) is 3.82. The summed E-state index contributed by atoms with van der Waals surface area (Å²) in [5, 5.41) is 21.5. The topological polar surface area (TPSA) is 74.9 Å². The van der Waals surface area contributed by atoms with E-state index in [1.807, 2.05) is 22.7 Å². The van der Waals surface area contributed by atoms with Gasteiger partial charge in [-0.3, -0.25) is 9.30 Å². The van der Waals surface area contributed by atoms with Crippen molar-refractivity contribution in [2.45, 2.75) is 44.0 Å². The number of halogens is 3. The number of aliphatic hydroxyl groups is 1. The van der Waals surface area contributed by atoms with Crippen LogP contribution in [0, 0.1) is 0 Å². The quantitative estimate of drug-likeness (QED) is 0.557. The number of benzene rings is 1. The van der Waals surface area contributed by atoms with E-state index in [-0.39, 0.29) is 24.5 Å². The Hall–Kier alpha value is -2.85. The zero-order valence-electron chi connectivity index (χ0n) is 18.1. The minimum Gasteiger partial charge on any atom is -0.490 e. The normalized spacial score (nSPS) is 19.7. The molecule has 176 valence electrons. The molecule has 1 aromatic carbocycles. The van der Waals surface area contributed by atoms with Gasteiger partial charge in [0.15, 0.2) is 0 Å².